The lowest BCUT2D eigenvalue weighted by molar-refractivity contribution is -0.137. The molecule has 2 atom stereocenters. The summed E-state index contributed by atoms with van der Waals surface area (Å²) in [4.78, 5) is 0. The highest BCUT2D eigenvalue weighted by molar-refractivity contribution is 4.85. The molecule has 14 heavy (non-hydrogen) atoms. The van der Waals surface area contributed by atoms with Gasteiger partial charge >= 0.3 is 0 Å². The van der Waals surface area contributed by atoms with Crippen LogP contribution >= 0.6 is 0 Å². The molecule has 2 aliphatic rings. The molecule has 0 radical (unpaired) electrons. The average molecular weight is 199 g/mol. The van der Waals surface area contributed by atoms with Crippen LogP contribution in [0.2, 0.25) is 0 Å². The zero-order valence-electron chi connectivity index (χ0n) is 9.11. The highest BCUT2D eigenvalue weighted by atomic mass is 16.5. The van der Waals surface area contributed by atoms with E-state index in [0.29, 0.717) is 30.5 Å². The lowest BCUT2D eigenvalue weighted by atomic mass is 9.89. The Kier molecular flexibility index (Phi) is 3.10. The first-order valence-electron chi connectivity index (χ1n) is 5.70. The Hall–Kier alpha value is -0.120. The van der Waals surface area contributed by atoms with Crippen molar-refractivity contribution in [1.82, 2.24) is 0 Å². The van der Waals surface area contributed by atoms with Crippen molar-refractivity contribution in [1.29, 1.82) is 0 Å². The molecule has 2 N–H and O–H groups in total. The van der Waals surface area contributed by atoms with E-state index in [2.05, 4.69) is 13.8 Å². The Bertz CT molecular complexity index is 182. The van der Waals surface area contributed by atoms with Gasteiger partial charge in [-0.3, -0.25) is 0 Å². The van der Waals surface area contributed by atoms with E-state index in [1.165, 1.54) is 0 Å². The fraction of sp³-hybridized carbons (Fsp3) is 1.00. The summed E-state index contributed by atoms with van der Waals surface area (Å²) in [6.07, 6.45) is 5.67. The van der Waals surface area contributed by atoms with Crippen LogP contribution in [0.3, 0.4) is 0 Å². The van der Waals surface area contributed by atoms with Gasteiger partial charge in [0.25, 0.3) is 0 Å². The minimum atomic E-state index is 0.345. The van der Waals surface area contributed by atoms with Crippen molar-refractivity contribution >= 4 is 0 Å². The molecule has 2 rings (SSSR count). The average Bonchev–Trinajstić information content (AvgIpc) is 1.99. The van der Waals surface area contributed by atoms with Crippen molar-refractivity contribution in [3.8, 4) is 0 Å². The molecule has 1 heterocycles. The number of hydrogen-bond acceptors (Lipinski definition) is 3. The largest absolute Gasteiger partial charge is 0.375 e. The zero-order chi connectivity index (χ0) is 10.1. The number of rotatable bonds is 2. The van der Waals surface area contributed by atoms with E-state index < -0.39 is 0 Å². The standard InChI is InChI=1S/C11H21NO2/c1-7-3-10(4-8(2)13-7)14-11-5-9(12)6-11/h7-11H,3-6,12H2,1-2H3. The van der Waals surface area contributed by atoms with E-state index in [0.717, 1.165) is 25.7 Å². The van der Waals surface area contributed by atoms with Gasteiger partial charge in [0.2, 0.25) is 0 Å². The van der Waals surface area contributed by atoms with Crippen molar-refractivity contribution < 1.29 is 9.47 Å². The van der Waals surface area contributed by atoms with Gasteiger partial charge in [-0.25, -0.2) is 0 Å². The topological polar surface area (TPSA) is 44.5 Å². The molecule has 82 valence electrons. The van der Waals surface area contributed by atoms with E-state index in [1.54, 1.807) is 0 Å². The first kappa shape index (κ1) is 10.4. The highest BCUT2D eigenvalue weighted by Crippen LogP contribution is 2.28. The summed E-state index contributed by atoms with van der Waals surface area (Å²) in [6, 6.07) is 0.384. The van der Waals surface area contributed by atoms with Gasteiger partial charge < -0.3 is 15.2 Å². The van der Waals surface area contributed by atoms with Gasteiger partial charge in [0.05, 0.1) is 24.4 Å². The number of nitrogens with two attached hydrogens (primary N) is 1. The molecule has 2 unspecified atom stereocenters. The Morgan fingerprint density at radius 1 is 1.00 bits per heavy atom. The summed E-state index contributed by atoms with van der Waals surface area (Å²) in [5, 5.41) is 0. The van der Waals surface area contributed by atoms with Gasteiger partial charge in [0.15, 0.2) is 0 Å². The number of ether oxygens (including phenoxy) is 2. The Balaban J connectivity index is 1.74. The third kappa shape index (κ3) is 2.47. The molecule has 0 bridgehead atoms. The monoisotopic (exact) mass is 199 g/mol. The predicted octanol–water partition coefficient (Wildman–Crippen LogP) is 1.45. The molecular weight excluding hydrogens is 178 g/mol. The van der Waals surface area contributed by atoms with Crippen LogP contribution in [-0.4, -0.2) is 30.5 Å². The predicted molar refractivity (Wildman–Crippen MR) is 55.1 cm³/mol. The molecule has 1 saturated heterocycles. The molecular formula is C11H21NO2. The van der Waals surface area contributed by atoms with E-state index in [4.69, 9.17) is 15.2 Å². The van der Waals surface area contributed by atoms with Gasteiger partial charge in [-0.15, -0.1) is 0 Å². The van der Waals surface area contributed by atoms with Crippen LogP contribution in [0.25, 0.3) is 0 Å². The first-order valence-corrected chi connectivity index (χ1v) is 5.70. The summed E-state index contributed by atoms with van der Waals surface area (Å²) in [5.41, 5.74) is 5.72. The molecule has 3 heteroatoms. The highest BCUT2D eigenvalue weighted by Gasteiger charge is 2.32. The van der Waals surface area contributed by atoms with Gasteiger partial charge in [-0.05, 0) is 39.5 Å². The Morgan fingerprint density at radius 2 is 1.50 bits per heavy atom. The molecule has 0 spiro atoms. The maximum atomic E-state index is 5.98. The molecule has 0 aromatic heterocycles. The Labute approximate surface area is 85.9 Å². The maximum absolute atomic E-state index is 5.98. The minimum Gasteiger partial charge on any atom is -0.375 e. The van der Waals surface area contributed by atoms with Crippen LogP contribution in [0, 0.1) is 0 Å². The minimum absolute atomic E-state index is 0.345. The van der Waals surface area contributed by atoms with Crippen molar-refractivity contribution in [2.24, 2.45) is 5.73 Å². The Morgan fingerprint density at radius 3 is 2.00 bits per heavy atom. The zero-order valence-corrected chi connectivity index (χ0v) is 9.11. The maximum Gasteiger partial charge on any atom is 0.0628 e. The molecule has 0 aromatic rings. The summed E-state index contributed by atoms with van der Waals surface area (Å²) >= 11 is 0. The molecule has 0 amide bonds. The van der Waals surface area contributed by atoms with Crippen molar-refractivity contribution in [3.63, 3.8) is 0 Å². The van der Waals surface area contributed by atoms with E-state index in [1.807, 2.05) is 0 Å². The van der Waals surface area contributed by atoms with Crippen LogP contribution in [0.5, 0.6) is 0 Å². The third-order valence-electron chi connectivity index (χ3n) is 3.17. The molecule has 1 saturated carbocycles. The second-order valence-electron chi connectivity index (χ2n) is 4.84. The van der Waals surface area contributed by atoms with Gasteiger partial charge in [-0.2, -0.15) is 0 Å². The van der Waals surface area contributed by atoms with Crippen LogP contribution in [0.1, 0.15) is 39.5 Å². The number of hydrogen-bond donors (Lipinski definition) is 1. The van der Waals surface area contributed by atoms with Crippen LogP contribution in [0.4, 0.5) is 0 Å². The fourth-order valence-corrected chi connectivity index (χ4v) is 2.45. The lowest BCUT2D eigenvalue weighted by Crippen LogP contribution is -2.45. The second kappa shape index (κ2) is 4.17. The van der Waals surface area contributed by atoms with Gasteiger partial charge in [0, 0.05) is 6.04 Å². The van der Waals surface area contributed by atoms with Crippen LogP contribution < -0.4 is 5.73 Å². The molecule has 2 fully saturated rings. The van der Waals surface area contributed by atoms with E-state index in [9.17, 15) is 0 Å². The summed E-state index contributed by atoms with van der Waals surface area (Å²) in [5.74, 6) is 0. The SMILES string of the molecule is CC1CC(OC2CC(N)C2)CC(C)O1. The smallest absolute Gasteiger partial charge is 0.0628 e. The third-order valence-corrected chi connectivity index (χ3v) is 3.17. The normalized spacial score (nSPS) is 48.6. The van der Waals surface area contributed by atoms with Crippen molar-refractivity contribution in [2.75, 3.05) is 0 Å². The molecule has 3 nitrogen and oxygen atoms in total. The van der Waals surface area contributed by atoms with E-state index in [-0.39, 0.29) is 0 Å². The van der Waals surface area contributed by atoms with E-state index >= 15 is 0 Å². The molecule has 0 aromatic carbocycles. The quantitative estimate of drug-likeness (QED) is 0.732. The van der Waals surface area contributed by atoms with Crippen LogP contribution in [0.15, 0.2) is 0 Å². The van der Waals surface area contributed by atoms with Gasteiger partial charge in [-0.1, -0.05) is 0 Å². The summed E-state index contributed by atoms with van der Waals surface area (Å²) in [6.45, 7) is 4.25. The molecule has 1 aliphatic carbocycles. The lowest BCUT2D eigenvalue weighted by Gasteiger charge is -2.39. The summed E-state index contributed by atoms with van der Waals surface area (Å²) < 4.78 is 11.6. The fourth-order valence-electron chi connectivity index (χ4n) is 2.45. The van der Waals surface area contributed by atoms with Crippen molar-refractivity contribution in [3.05, 3.63) is 0 Å². The summed E-state index contributed by atoms with van der Waals surface area (Å²) in [7, 11) is 0. The first-order chi connectivity index (χ1) is 6.63. The second-order valence-corrected chi connectivity index (χ2v) is 4.84. The van der Waals surface area contributed by atoms with Crippen molar-refractivity contribution in [2.45, 2.75) is 70.0 Å². The molecule has 1 aliphatic heterocycles. The van der Waals surface area contributed by atoms with Gasteiger partial charge in [0.1, 0.15) is 0 Å². The van der Waals surface area contributed by atoms with Crippen LogP contribution in [-0.2, 0) is 9.47 Å².